The van der Waals surface area contributed by atoms with Gasteiger partial charge in [-0.05, 0) is 43.3 Å². The summed E-state index contributed by atoms with van der Waals surface area (Å²) in [4.78, 5) is 30.6. The Balaban J connectivity index is 1.10. The van der Waals surface area contributed by atoms with Gasteiger partial charge in [-0.3, -0.25) is 9.69 Å². The predicted molar refractivity (Wildman–Crippen MR) is 160 cm³/mol. The zero-order valence-electron chi connectivity index (χ0n) is 24.8. The summed E-state index contributed by atoms with van der Waals surface area (Å²) in [6.07, 6.45) is -2.06. The molecule has 3 fully saturated rings. The van der Waals surface area contributed by atoms with E-state index in [9.17, 15) is 19.6 Å². The van der Waals surface area contributed by atoms with E-state index in [-0.39, 0.29) is 48.3 Å². The summed E-state index contributed by atoms with van der Waals surface area (Å²) in [6.45, 7) is 6.38. The van der Waals surface area contributed by atoms with E-state index in [1.807, 2.05) is 6.07 Å². The van der Waals surface area contributed by atoms with Gasteiger partial charge in [-0.2, -0.15) is 10.2 Å². The van der Waals surface area contributed by atoms with Gasteiger partial charge in [0.15, 0.2) is 12.0 Å². The van der Waals surface area contributed by atoms with Crippen LogP contribution in [0.3, 0.4) is 0 Å². The zero-order valence-corrected chi connectivity index (χ0v) is 24.8. The number of aromatic nitrogens is 3. The van der Waals surface area contributed by atoms with Crippen molar-refractivity contribution in [3.05, 3.63) is 54.1 Å². The molecule has 3 aromatic rings. The van der Waals surface area contributed by atoms with Crippen LogP contribution in [-0.2, 0) is 9.53 Å². The summed E-state index contributed by atoms with van der Waals surface area (Å²) < 4.78 is 41.1. The summed E-state index contributed by atoms with van der Waals surface area (Å²) in [5.74, 6) is -0.410. The van der Waals surface area contributed by atoms with Crippen LogP contribution in [0, 0.1) is 17.1 Å². The van der Waals surface area contributed by atoms with Crippen LogP contribution in [0.4, 0.5) is 26.1 Å². The Bertz CT molecular complexity index is 1580. The van der Waals surface area contributed by atoms with Crippen LogP contribution in [0.1, 0.15) is 18.9 Å². The summed E-state index contributed by atoms with van der Waals surface area (Å²) in [5.41, 5.74) is 1.66. The number of likely N-dealkylation sites (tertiary alicyclic amines) is 1. The fraction of sp³-hybridized carbons (Fsp3) is 0.452. The average molecular weight is 621 g/mol. The van der Waals surface area contributed by atoms with Crippen LogP contribution in [0.25, 0.3) is 11.4 Å². The number of amides is 1. The van der Waals surface area contributed by atoms with Crippen molar-refractivity contribution in [2.24, 2.45) is 0 Å². The van der Waals surface area contributed by atoms with Crippen LogP contribution < -0.4 is 15.0 Å². The molecule has 4 heterocycles. The van der Waals surface area contributed by atoms with Crippen molar-refractivity contribution < 1.29 is 28.2 Å². The molecule has 236 valence electrons. The number of ether oxygens (including phenoxy) is 2. The van der Waals surface area contributed by atoms with Crippen LogP contribution in [0.5, 0.6) is 5.75 Å². The first-order valence-electron chi connectivity index (χ1n) is 14.9. The molecule has 0 radical (unpaired) electrons. The molecular formula is C31H34F2N8O4. The molecule has 2 N–H and O–H groups in total. The number of alkyl halides is 1. The smallest absolute Gasteiger partial charge is 0.251 e. The number of nitrogens with zero attached hydrogens (tertiary/aromatic N) is 7. The van der Waals surface area contributed by atoms with Gasteiger partial charge in [-0.1, -0.05) is 0 Å². The van der Waals surface area contributed by atoms with E-state index in [4.69, 9.17) is 9.47 Å². The Labute approximate surface area is 259 Å². The maximum absolute atomic E-state index is 15.1. The number of aliphatic hydroxyl groups excluding tert-OH is 1. The maximum Gasteiger partial charge on any atom is 0.251 e. The van der Waals surface area contributed by atoms with E-state index in [1.165, 1.54) is 30.3 Å². The van der Waals surface area contributed by atoms with Gasteiger partial charge in [0.25, 0.3) is 5.91 Å². The molecule has 3 atom stereocenters. The average Bonchev–Trinajstić information content (AvgIpc) is 3.02. The number of nitriles is 1. The van der Waals surface area contributed by atoms with Crippen molar-refractivity contribution in [1.82, 2.24) is 24.8 Å². The first-order valence-corrected chi connectivity index (χ1v) is 14.9. The quantitative estimate of drug-likeness (QED) is 0.384. The first kappa shape index (κ1) is 30.6. The molecule has 45 heavy (non-hydrogen) atoms. The molecule has 0 bridgehead atoms. The highest BCUT2D eigenvalue weighted by molar-refractivity contribution is 5.80. The van der Waals surface area contributed by atoms with Crippen molar-refractivity contribution >= 4 is 23.2 Å². The number of rotatable bonds is 8. The predicted octanol–water partition coefficient (Wildman–Crippen LogP) is 2.51. The molecule has 14 heteroatoms. The molecule has 1 amide bonds. The molecule has 3 aliphatic rings. The van der Waals surface area contributed by atoms with E-state index in [0.717, 1.165) is 45.1 Å². The number of carbonyl (C=O) groups excluding carboxylic acids is 1. The lowest BCUT2D eigenvalue weighted by Crippen LogP contribution is -2.56. The van der Waals surface area contributed by atoms with E-state index < -0.39 is 30.1 Å². The van der Waals surface area contributed by atoms with Crippen molar-refractivity contribution in [2.75, 3.05) is 62.7 Å². The topological polar surface area (TPSA) is 140 Å². The molecule has 0 saturated carbocycles. The second-order valence-corrected chi connectivity index (χ2v) is 11.4. The fourth-order valence-corrected chi connectivity index (χ4v) is 5.70. The van der Waals surface area contributed by atoms with Gasteiger partial charge >= 0.3 is 0 Å². The van der Waals surface area contributed by atoms with Gasteiger partial charge < -0.3 is 29.7 Å². The lowest BCUT2D eigenvalue weighted by Gasteiger charge is -2.43. The monoisotopic (exact) mass is 620 g/mol. The molecular weight excluding hydrogens is 586 g/mol. The second-order valence-electron chi connectivity index (χ2n) is 11.4. The zero-order chi connectivity index (χ0) is 31.5. The minimum absolute atomic E-state index is 0.126. The van der Waals surface area contributed by atoms with E-state index in [1.54, 1.807) is 18.2 Å². The molecule has 1 unspecified atom stereocenters. The Morgan fingerprint density at radius 3 is 2.62 bits per heavy atom. The Kier molecular flexibility index (Phi) is 9.02. The number of aliphatic hydroxyl groups is 1. The molecule has 12 nitrogen and oxygen atoms in total. The van der Waals surface area contributed by atoms with Crippen LogP contribution >= 0.6 is 0 Å². The largest absolute Gasteiger partial charge is 0.486 e. The number of piperidine rings is 1. The van der Waals surface area contributed by atoms with E-state index in [2.05, 4.69) is 36.1 Å². The number of anilines is 3. The van der Waals surface area contributed by atoms with E-state index in [0.29, 0.717) is 11.6 Å². The van der Waals surface area contributed by atoms with Crippen molar-refractivity contribution in [2.45, 2.75) is 37.8 Å². The van der Waals surface area contributed by atoms with Gasteiger partial charge in [0.05, 0.1) is 37.1 Å². The molecule has 0 spiro atoms. The number of hydrogen-bond acceptors (Lipinski definition) is 11. The Hall–Kier alpha value is -4.45. The number of halogens is 2. The van der Waals surface area contributed by atoms with Crippen molar-refractivity contribution in [1.29, 1.82) is 5.26 Å². The third-order valence-corrected chi connectivity index (χ3v) is 8.37. The SMILES string of the molecule is C[C@H](O)C(=O)N1CCC(Oc2ccc(-c3ncnc(Nc4ccc(N5CCN(C6COC6)CC5)cc4F)n3)cc2C#N)[C@H](F)C1. The molecule has 1 aromatic heterocycles. The first-order chi connectivity index (χ1) is 21.8. The lowest BCUT2D eigenvalue weighted by atomic mass is 10.0. The third-order valence-electron chi connectivity index (χ3n) is 8.37. The number of carbonyl (C=O) groups is 1. The number of nitrogens with one attached hydrogen (secondary N) is 1. The van der Waals surface area contributed by atoms with Crippen LogP contribution in [0.2, 0.25) is 0 Å². The summed E-state index contributed by atoms with van der Waals surface area (Å²) >= 11 is 0. The Morgan fingerprint density at radius 2 is 1.96 bits per heavy atom. The lowest BCUT2D eigenvalue weighted by molar-refractivity contribution is -0.143. The standard InChI is InChI=1S/C31H34F2N8O4/c1-19(42)30(43)41-7-6-28(25(33)15-41)45-27-5-2-20(12-21(27)14-34)29-35-18-36-31(38-29)37-26-4-3-22(13-24(26)32)39-8-10-40(11-9-39)23-16-44-17-23/h2-5,12-13,18-19,23,25,28,42H,6-11,15-17H2,1H3,(H,35,36,37,38)/t19-,25+,28?/m0/s1. The Morgan fingerprint density at radius 1 is 1.16 bits per heavy atom. The summed E-state index contributed by atoms with van der Waals surface area (Å²) in [5, 5.41) is 22.2. The highest BCUT2D eigenvalue weighted by Crippen LogP contribution is 2.30. The molecule has 3 aliphatic heterocycles. The molecule has 3 saturated heterocycles. The van der Waals surface area contributed by atoms with Crippen molar-refractivity contribution in [3.63, 3.8) is 0 Å². The van der Waals surface area contributed by atoms with Gasteiger partial charge in [-0.15, -0.1) is 0 Å². The molecule has 2 aromatic carbocycles. The second kappa shape index (κ2) is 13.3. The normalized spacial score (nSPS) is 21.5. The number of hydrogen-bond donors (Lipinski definition) is 2. The number of piperazine rings is 1. The minimum atomic E-state index is -1.49. The molecule has 6 rings (SSSR count). The third kappa shape index (κ3) is 6.80. The highest BCUT2D eigenvalue weighted by atomic mass is 19.1. The van der Waals surface area contributed by atoms with Crippen molar-refractivity contribution in [3.8, 4) is 23.2 Å². The van der Waals surface area contributed by atoms with Gasteiger partial charge in [0.2, 0.25) is 5.95 Å². The molecule has 0 aliphatic carbocycles. The minimum Gasteiger partial charge on any atom is -0.486 e. The van der Waals surface area contributed by atoms with Crippen LogP contribution in [0.15, 0.2) is 42.7 Å². The van der Waals surface area contributed by atoms with Gasteiger partial charge in [0.1, 0.15) is 36.2 Å². The summed E-state index contributed by atoms with van der Waals surface area (Å²) in [7, 11) is 0. The number of benzene rings is 2. The van der Waals surface area contributed by atoms with Gasteiger partial charge in [0, 0.05) is 50.4 Å². The van der Waals surface area contributed by atoms with Crippen LogP contribution in [-0.4, -0.2) is 113 Å². The fourth-order valence-electron chi connectivity index (χ4n) is 5.70. The van der Waals surface area contributed by atoms with Gasteiger partial charge in [-0.25, -0.2) is 18.7 Å². The van der Waals surface area contributed by atoms with E-state index >= 15 is 4.39 Å². The highest BCUT2D eigenvalue weighted by Gasteiger charge is 2.34. The maximum atomic E-state index is 15.1. The summed E-state index contributed by atoms with van der Waals surface area (Å²) in [6, 6.07) is 12.3.